The van der Waals surface area contributed by atoms with Crippen LogP contribution in [0, 0.1) is 12.8 Å². The number of pyridine rings is 1. The van der Waals surface area contributed by atoms with Crippen molar-refractivity contribution in [2.24, 2.45) is 5.92 Å². The Kier molecular flexibility index (Phi) is 4.26. The number of aromatic nitrogens is 2. The quantitative estimate of drug-likeness (QED) is 0.746. The van der Waals surface area contributed by atoms with Gasteiger partial charge in [0.2, 0.25) is 5.91 Å². The molecule has 1 aromatic carbocycles. The lowest BCUT2D eigenvalue weighted by Crippen LogP contribution is -2.25. The Morgan fingerprint density at radius 2 is 1.84 bits per heavy atom. The van der Waals surface area contributed by atoms with Crippen molar-refractivity contribution >= 4 is 17.4 Å². The van der Waals surface area contributed by atoms with Crippen molar-refractivity contribution in [3.05, 3.63) is 54.2 Å². The van der Waals surface area contributed by atoms with Gasteiger partial charge in [-0.25, -0.2) is 4.98 Å². The molecule has 1 aliphatic rings. The van der Waals surface area contributed by atoms with Gasteiger partial charge in [0.05, 0.1) is 0 Å². The third kappa shape index (κ3) is 3.04. The Bertz CT molecular complexity index is 892. The van der Waals surface area contributed by atoms with Crippen LogP contribution in [0.3, 0.4) is 0 Å². The highest BCUT2D eigenvalue weighted by Crippen LogP contribution is 2.31. The smallest absolute Gasteiger partial charge is 0.228 e. The van der Waals surface area contributed by atoms with E-state index in [0.717, 1.165) is 54.0 Å². The summed E-state index contributed by atoms with van der Waals surface area (Å²) >= 11 is 0. The first kappa shape index (κ1) is 15.9. The minimum atomic E-state index is 0.118. The number of amides is 1. The molecule has 0 bridgehead atoms. The molecular weight excluding hydrogens is 310 g/mol. The zero-order valence-corrected chi connectivity index (χ0v) is 14.5. The maximum Gasteiger partial charge on any atom is 0.228 e. The summed E-state index contributed by atoms with van der Waals surface area (Å²) in [6, 6.07) is 14.1. The first-order valence-corrected chi connectivity index (χ1v) is 9.08. The van der Waals surface area contributed by atoms with Crippen molar-refractivity contribution in [2.75, 3.05) is 5.32 Å². The normalized spacial score (nSPS) is 15.4. The fourth-order valence-electron chi connectivity index (χ4n) is 3.70. The van der Waals surface area contributed by atoms with Crippen molar-refractivity contribution in [3.8, 4) is 11.3 Å². The van der Waals surface area contributed by atoms with Crippen LogP contribution in [0.1, 0.15) is 37.7 Å². The van der Waals surface area contributed by atoms with E-state index in [9.17, 15) is 4.79 Å². The van der Waals surface area contributed by atoms with Crippen LogP contribution in [-0.2, 0) is 4.79 Å². The zero-order chi connectivity index (χ0) is 17.2. The molecule has 4 nitrogen and oxygen atoms in total. The van der Waals surface area contributed by atoms with Crippen LogP contribution in [-0.4, -0.2) is 15.3 Å². The summed E-state index contributed by atoms with van der Waals surface area (Å²) in [7, 11) is 0. The second-order valence-electron chi connectivity index (χ2n) is 6.88. The van der Waals surface area contributed by atoms with E-state index in [1.165, 1.54) is 6.42 Å². The minimum Gasteiger partial charge on any atom is -0.310 e. The van der Waals surface area contributed by atoms with E-state index >= 15 is 0 Å². The average Bonchev–Trinajstić information content (AvgIpc) is 3.03. The molecule has 25 heavy (non-hydrogen) atoms. The number of rotatable bonds is 3. The maximum absolute atomic E-state index is 12.8. The molecule has 128 valence electrons. The molecule has 4 rings (SSSR count). The third-order valence-electron chi connectivity index (χ3n) is 5.11. The number of hydrogen-bond donors (Lipinski definition) is 1. The predicted octanol–water partition coefficient (Wildman–Crippen LogP) is 4.83. The predicted molar refractivity (Wildman–Crippen MR) is 101 cm³/mol. The Morgan fingerprint density at radius 3 is 2.60 bits per heavy atom. The first-order chi connectivity index (χ1) is 12.2. The van der Waals surface area contributed by atoms with Gasteiger partial charge in [-0.2, -0.15) is 0 Å². The van der Waals surface area contributed by atoms with Gasteiger partial charge in [-0.1, -0.05) is 55.7 Å². The molecule has 1 aliphatic carbocycles. The van der Waals surface area contributed by atoms with Gasteiger partial charge in [-0.15, -0.1) is 0 Å². The van der Waals surface area contributed by atoms with Crippen LogP contribution < -0.4 is 5.32 Å². The zero-order valence-electron chi connectivity index (χ0n) is 14.5. The van der Waals surface area contributed by atoms with Gasteiger partial charge in [0.1, 0.15) is 17.2 Å². The van der Waals surface area contributed by atoms with Crippen LogP contribution in [0.2, 0.25) is 0 Å². The van der Waals surface area contributed by atoms with Crippen molar-refractivity contribution in [3.63, 3.8) is 0 Å². The Labute approximate surface area is 147 Å². The molecule has 0 saturated heterocycles. The highest BCUT2D eigenvalue weighted by molar-refractivity contribution is 5.96. The van der Waals surface area contributed by atoms with Crippen LogP contribution in [0.15, 0.2) is 48.7 Å². The van der Waals surface area contributed by atoms with E-state index in [1.54, 1.807) is 0 Å². The van der Waals surface area contributed by atoms with E-state index in [4.69, 9.17) is 4.98 Å². The van der Waals surface area contributed by atoms with Gasteiger partial charge in [0.15, 0.2) is 0 Å². The Morgan fingerprint density at radius 1 is 1.08 bits per heavy atom. The molecule has 3 aromatic rings. The van der Waals surface area contributed by atoms with Crippen molar-refractivity contribution in [1.82, 2.24) is 9.38 Å². The fourth-order valence-corrected chi connectivity index (χ4v) is 3.70. The fraction of sp³-hybridized carbons (Fsp3) is 0.333. The molecule has 1 saturated carbocycles. The summed E-state index contributed by atoms with van der Waals surface area (Å²) in [6.07, 6.45) is 7.49. The number of carbonyl (C=O) groups is 1. The van der Waals surface area contributed by atoms with Crippen molar-refractivity contribution in [1.29, 1.82) is 0 Å². The van der Waals surface area contributed by atoms with Crippen LogP contribution >= 0.6 is 0 Å². The SMILES string of the molecule is Cc1cccn2c(NC(=O)C3CCCCC3)c(-c3ccccc3)nc12. The van der Waals surface area contributed by atoms with E-state index in [-0.39, 0.29) is 11.8 Å². The number of hydrogen-bond acceptors (Lipinski definition) is 2. The highest BCUT2D eigenvalue weighted by Gasteiger charge is 2.24. The van der Waals surface area contributed by atoms with E-state index in [1.807, 2.05) is 60.0 Å². The summed E-state index contributed by atoms with van der Waals surface area (Å²) in [5.74, 6) is 1.02. The molecule has 0 unspecified atom stereocenters. The lowest BCUT2D eigenvalue weighted by molar-refractivity contribution is -0.120. The van der Waals surface area contributed by atoms with Gasteiger partial charge >= 0.3 is 0 Å². The number of benzene rings is 1. The van der Waals surface area contributed by atoms with Crippen LogP contribution in [0.25, 0.3) is 16.9 Å². The van der Waals surface area contributed by atoms with Crippen LogP contribution in [0.5, 0.6) is 0 Å². The molecule has 0 radical (unpaired) electrons. The maximum atomic E-state index is 12.8. The Balaban J connectivity index is 1.78. The van der Waals surface area contributed by atoms with Crippen LogP contribution in [0.4, 0.5) is 5.82 Å². The van der Waals surface area contributed by atoms with Gasteiger partial charge in [-0.05, 0) is 31.4 Å². The topological polar surface area (TPSA) is 46.4 Å². The number of aryl methyl sites for hydroxylation is 1. The Hall–Kier alpha value is -2.62. The summed E-state index contributed by atoms with van der Waals surface area (Å²) in [5.41, 5.74) is 3.83. The summed E-state index contributed by atoms with van der Waals surface area (Å²) in [4.78, 5) is 17.7. The standard InChI is InChI=1S/C21H23N3O/c1-15-9-8-14-24-19(15)22-18(16-10-4-2-5-11-16)20(24)23-21(25)17-12-6-3-7-13-17/h2,4-5,8-11,14,17H,3,6-7,12-13H2,1H3,(H,23,25). The van der Waals surface area contributed by atoms with Gasteiger partial charge < -0.3 is 5.32 Å². The monoisotopic (exact) mass is 333 g/mol. The van der Waals surface area contributed by atoms with E-state index in [2.05, 4.69) is 5.32 Å². The van der Waals surface area contributed by atoms with Gasteiger partial charge in [0, 0.05) is 17.7 Å². The lowest BCUT2D eigenvalue weighted by Gasteiger charge is -2.21. The molecule has 1 amide bonds. The number of carbonyl (C=O) groups excluding carboxylic acids is 1. The number of imidazole rings is 1. The largest absolute Gasteiger partial charge is 0.310 e. The summed E-state index contributed by atoms with van der Waals surface area (Å²) in [6.45, 7) is 2.05. The van der Waals surface area contributed by atoms with Crippen molar-refractivity contribution in [2.45, 2.75) is 39.0 Å². The highest BCUT2D eigenvalue weighted by atomic mass is 16.2. The summed E-state index contributed by atoms with van der Waals surface area (Å²) < 4.78 is 2.00. The minimum absolute atomic E-state index is 0.118. The molecular formula is C21H23N3O. The van der Waals surface area contributed by atoms with E-state index in [0.29, 0.717) is 0 Å². The van der Waals surface area contributed by atoms with E-state index < -0.39 is 0 Å². The molecule has 1 fully saturated rings. The van der Waals surface area contributed by atoms with Crippen molar-refractivity contribution < 1.29 is 4.79 Å². The lowest BCUT2D eigenvalue weighted by atomic mass is 9.88. The average molecular weight is 333 g/mol. The molecule has 0 aliphatic heterocycles. The molecule has 0 spiro atoms. The molecule has 2 aromatic heterocycles. The molecule has 0 atom stereocenters. The second-order valence-corrected chi connectivity index (χ2v) is 6.88. The number of nitrogens with zero attached hydrogens (tertiary/aromatic N) is 2. The number of anilines is 1. The number of nitrogens with one attached hydrogen (secondary N) is 1. The summed E-state index contributed by atoms with van der Waals surface area (Å²) in [5, 5.41) is 3.19. The number of fused-ring (bicyclic) bond motifs is 1. The second kappa shape index (κ2) is 6.71. The molecule has 4 heteroatoms. The molecule has 1 N–H and O–H groups in total. The van der Waals surface area contributed by atoms with Gasteiger partial charge in [0.25, 0.3) is 0 Å². The first-order valence-electron chi connectivity index (χ1n) is 9.08. The van der Waals surface area contributed by atoms with Gasteiger partial charge in [-0.3, -0.25) is 9.20 Å². The molecule has 2 heterocycles. The third-order valence-corrected chi connectivity index (χ3v) is 5.11.